The molecule has 0 spiro atoms. The minimum atomic E-state index is 0.550. The fourth-order valence-electron chi connectivity index (χ4n) is 3.15. The Labute approximate surface area is 118 Å². The van der Waals surface area contributed by atoms with Crippen LogP contribution < -0.4 is 5.32 Å². The molecule has 19 heavy (non-hydrogen) atoms. The van der Waals surface area contributed by atoms with E-state index in [1.807, 2.05) is 11.8 Å². The molecule has 0 radical (unpaired) electrons. The van der Waals surface area contributed by atoms with Crippen molar-refractivity contribution in [2.24, 2.45) is 5.92 Å². The Kier molecular flexibility index (Phi) is 4.71. The van der Waals surface area contributed by atoms with E-state index in [0.717, 1.165) is 16.8 Å². The van der Waals surface area contributed by atoms with Crippen molar-refractivity contribution in [1.82, 2.24) is 25.5 Å². The van der Waals surface area contributed by atoms with Crippen molar-refractivity contribution in [3.63, 3.8) is 0 Å². The number of hydrogen-bond acceptors (Lipinski definition) is 5. The fourth-order valence-corrected chi connectivity index (χ4v) is 4.19. The first-order valence-electron chi connectivity index (χ1n) is 7.55. The van der Waals surface area contributed by atoms with Crippen molar-refractivity contribution >= 4 is 11.8 Å². The second-order valence-electron chi connectivity index (χ2n) is 5.69. The lowest BCUT2D eigenvalue weighted by Crippen LogP contribution is -2.29. The van der Waals surface area contributed by atoms with Crippen molar-refractivity contribution in [1.29, 1.82) is 0 Å². The molecule has 5 nitrogen and oxygen atoms in total. The Morgan fingerprint density at radius 2 is 2.11 bits per heavy atom. The number of aromatic nitrogens is 4. The van der Waals surface area contributed by atoms with Crippen molar-refractivity contribution in [2.45, 2.75) is 56.1 Å². The van der Waals surface area contributed by atoms with E-state index in [-0.39, 0.29) is 0 Å². The van der Waals surface area contributed by atoms with Gasteiger partial charge in [0.1, 0.15) is 0 Å². The quantitative estimate of drug-likeness (QED) is 0.839. The fraction of sp³-hybridized carbons (Fsp3) is 0.923. The average molecular weight is 281 g/mol. The zero-order chi connectivity index (χ0) is 12.9. The highest BCUT2D eigenvalue weighted by Gasteiger charge is 2.21. The summed E-state index contributed by atoms with van der Waals surface area (Å²) in [5.41, 5.74) is 0. The number of hydrogen-bond donors (Lipinski definition) is 1. The van der Waals surface area contributed by atoms with Crippen molar-refractivity contribution in [3.05, 3.63) is 0 Å². The van der Waals surface area contributed by atoms with Crippen molar-refractivity contribution in [3.8, 4) is 0 Å². The summed E-state index contributed by atoms with van der Waals surface area (Å²) in [4.78, 5) is 0. The van der Waals surface area contributed by atoms with Crippen LogP contribution in [-0.4, -0.2) is 39.0 Å². The number of rotatable bonds is 5. The molecule has 1 atom stereocenters. The van der Waals surface area contributed by atoms with Gasteiger partial charge >= 0.3 is 0 Å². The lowest BCUT2D eigenvalue weighted by molar-refractivity contribution is 0.370. The van der Waals surface area contributed by atoms with E-state index in [2.05, 4.69) is 25.5 Å². The molecule has 3 rings (SSSR count). The van der Waals surface area contributed by atoms with Crippen molar-refractivity contribution in [2.75, 3.05) is 18.8 Å². The van der Waals surface area contributed by atoms with Gasteiger partial charge in [0.25, 0.3) is 0 Å². The van der Waals surface area contributed by atoms with Crippen LogP contribution in [0.3, 0.4) is 0 Å². The third-order valence-corrected chi connectivity index (χ3v) is 5.26. The molecular formula is C13H23N5S. The zero-order valence-electron chi connectivity index (χ0n) is 11.4. The van der Waals surface area contributed by atoms with E-state index in [9.17, 15) is 0 Å². The highest BCUT2D eigenvalue weighted by atomic mass is 32.2. The molecule has 2 aliphatic rings. The van der Waals surface area contributed by atoms with Crippen LogP contribution in [0.4, 0.5) is 0 Å². The van der Waals surface area contributed by atoms with E-state index in [4.69, 9.17) is 0 Å². The number of thioether (sulfide) groups is 1. The van der Waals surface area contributed by atoms with Gasteiger partial charge in [-0.2, -0.15) is 0 Å². The van der Waals surface area contributed by atoms with Crippen LogP contribution in [0.15, 0.2) is 5.16 Å². The SMILES string of the molecule is C1CNCC(CCSc2nnnn2C2CCCC2)C1. The minimum Gasteiger partial charge on any atom is -0.316 e. The Balaban J connectivity index is 1.48. The van der Waals surface area contributed by atoms with Gasteiger partial charge in [0.2, 0.25) is 5.16 Å². The molecule has 0 bridgehead atoms. The summed E-state index contributed by atoms with van der Waals surface area (Å²) in [5, 5.41) is 16.7. The predicted octanol–water partition coefficient (Wildman–Crippen LogP) is 2.27. The highest BCUT2D eigenvalue weighted by Crippen LogP contribution is 2.31. The minimum absolute atomic E-state index is 0.550. The first-order chi connectivity index (χ1) is 9.43. The van der Waals surface area contributed by atoms with Crippen LogP contribution in [0.2, 0.25) is 0 Å². The molecule has 1 aromatic rings. The molecule has 1 saturated carbocycles. The van der Waals surface area contributed by atoms with E-state index in [0.29, 0.717) is 6.04 Å². The summed E-state index contributed by atoms with van der Waals surface area (Å²) in [6.45, 7) is 2.39. The summed E-state index contributed by atoms with van der Waals surface area (Å²) < 4.78 is 2.07. The number of tetrazole rings is 1. The standard InChI is InChI=1S/C13H23N5S/c1-2-6-12(5-1)18-13(15-16-17-18)19-9-7-11-4-3-8-14-10-11/h11-12,14H,1-10H2. The van der Waals surface area contributed by atoms with E-state index in [1.165, 1.54) is 58.0 Å². The van der Waals surface area contributed by atoms with Gasteiger partial charge in [-0.05, 0) is 61.5 Å². The Morgan fingerprint density at radius 1 is 1.21 bits per heavy atom. The van der Waals surface area contributed by atoms with Gasteiger partial charge in [-0.15, -0.1) is 5.10 Å². The van der Waals surface area contributed by atoms with Gasteiger partial charge < -0.3 is 5.32 Å². The molecule has 1 aliphatic carbocycles. The molecule has 6 heteroatoms. The third kappa shape index (κ3) is 3.48. The monoisotopic (exact) mass is 281 g/mol. The lowest BCUT2D eigenvalue weighted by Gasteiger charge is -2.22. The van der Waals surface area contributed by atoms with Crippen LogP contribution >= 0.6 is 11.8 Å². The first kappa shape index (κ1) is 13.4. The van der Waals surface area contributed by atoms with Gasteiger partial charge in [0.05, 0.1) is 6.04 Å². The van der Waals surface area contributed by atoms with Crippen molar-refractivity contribution < 1.29 is 0 Å². The number of nitrogens with zero attached hydrogens (tertiary/aromatic N) is 4. The molecular weight excluding hydrogens is 258 g/mol. The predicted molar refractivity (Wildman–Crippen MR) is 76.3 cm³/mol. The van der Waals surface area contributed by atoms with E-state index in [1.54, 1.807) is 0 Å². The smallest absolute Gasteiger partial charge is 0.209 e. The molecule has 1 aromatic heterocycles. The van der Waals surface area contributed by atoms with E-state index >= 15 is 0 Å². The van der Waals surface area contributed by atoms with Crippen LogP contribution in [0, 0.1) is 5.92 Å². The largest absolute Gasteiger partial charge is 0.316 e. The van der Waals surface area contributed by atoms with Gasteiger partial charge in [0.15, 0.2) is 0 Å². The second kappa shape index (κ2) is 6.70. The molecule has 106 valence electrons. The van der Waals surface area contributed by atoms with Crippen LogP contribution in [0.25, 0.3) is 0 Å². The summed E-state index contributed by atoms with van der Waals surface area (Å²) >= 11 is 1.83. The summed E-state index contributed by atoms with van der Waals surface area (Å²) in [6.07, 6.45) is 9.10. The zero-order valence-corrected chi connectivity index (χ0v) is 12.2. The van der Waals surface area contributed by atoms with Gasteiger partial charge in [0, 0.05) is 5.75 Å². The lowest BCUT2D eigenvalue weighted by atomic mass is 9.97. The van der Waals surface area contributed by atoms with Gasteiger partial charge in [-0.1, -0.05) is 24.6 Å². The molecule has 1 N–H and O–H groups in total. The summed E-state index contributed by atoms with van der Waals surface area (Å²) in [5.74, 6) is 1.98. The van der Waals surface area contributed by atoms with Gasteiger partial charge in [-0.25, -0.2) is 4.68 Å². The van der Waals surface area contributed by atoms with E-state index < -0.39 is 0 Å². The first-order valence-corrected chi connectivity index (χ1v) is 8.53. The van der Waals surface area contributed by atoms with Crippen LogP contribution in [0.1, 0.15) is 51.0 Å². The topological polar surface area (TPSA) is 55.6 Å². The number of piperidine rings is 1. The molecule has 2 heterocycles. The maximum Gasteiger partial charge on any atom is 0.209 e. The summed E-state index contributed by atoms with van der Waals surface area (Å²) in [7, 11) is 0. The molecule has 1 unspecified atom stereocenters. The summed E-state index contributed by atoms with van der Waals surface area (Å²) in [6, 6.07) is 0.550. The average Bonchev–Trinajstić information content (AvgIpc) is 3.10. The maximum absolute atomic E-state index is 4.19. The third-order valence-electron chi connectivity index (χ3n) is 4.29. The Bertz CT molecular complexity index is 382. The molecule has 0 amide bonds. The second-order valence-corrected chi connectivity index (χ2v) is 6.76. The molecule has 0 aromatic carbocycles. The Hall–Kier alpha value is -0.620. The number of nitrogens with one attached hydrogen (secondary N) is 1. The molecule has 2 fully saturated rings. The molecule has 1 aliphatic heterocycles. The van der Waals surface area contributed by atoms with Crippen LogP contribution in [0.5, 0.6) is 0 Å². The molecule has 1 saturated heterocycles. The maximum atomic E-state index is 4.19. The van der Waals surface area contributed by atoms with Gasteiger partial charge in [-0.3, -0.25) is 0 Å². The van der Waals surface area contributed by atoms with Crippen LogP contribution in [-0.2, 0) is 0 Å². The highest BCUT2D eigenvalue weighted by molar-refractivity contribution is 7.99. The normalized spacial score (nSPS) is 24.9. The Morgan fingerprint density at radius 3 is 2.89 bits per heavy atom.